The van der Waals surface area contributed by atoms with E-state index in [1.54, 1.807) is 0 Å². The van der Waals surface area contributed by atoms with Crippen LogP contribution in [0.4, 0.5) is 0 Å². The van der Waals surface area contributed by atoms with Gasteiger partial charge >= 0.3 is 0 Å². The molecule has 1 amide bonds. The Balaban J connectivity index is 2.50. The molecule has 0 radical (unpaired) electrons. The molecule has 1 atom stereocenters. The van der Waals surface area contributed by atoms with E-state index in [0.717, 1.165) is 32.1 Å². The van der Waals surface area contributed by atoms with Gasteiger partial charge in [-0.1, -0.05) is 0 Å². The minimum atomic E-state index is -0.137. The maximum atomic E-state index is 10.2. The lowest BCUT2D eigenvalue weighted by molar-refractivity contribution is -0.123. The van der Waals surface area contributed by atoms with Gasteiger partial charge in [-0.2, -0.15) is 0 Å². The van der Waals surface area contributed by atoms with Gasteiger partial charge in [-0.05, 0) is 12.8 Å². The van der Waals surface area contributed by atoms with Gasteiger partial charge in [0.05, 0.1) is 6.04 Å². The first kappa shape index (κ1) is 6.26. The van der Waals surface area contributed by atoms with Gasteiger partial charge in [-0.25, -0.2) is 0 Å². The van der Waals surface area contributed by atoms with Crippen molar-refractivity contribution < 1.29 is 9.59 Å². The van der Waals surface area contributed by atoms with E-state index < -0.39 is 0 Å². The molecule has 0 unspecified atom stereocenters. The Morgan fingerprint density at radius 3 is 2.67 bits per heavy atom. The zero-order valence-corrected chi connectivity index (χ0v) is 5.12. The molecule has 0 N–H and O–H groups in total. The molecule has 9 heavy (non-hydrogen) atoms. The molecule has 0 aliphatic carbocycles. The molecule has 3 nitrogen and oxygen atoms in total. The lowest BCUT2D eigenvalue weighted by Gasteiger charge is -2.11. The van der Waals surface area contributed by atoms with E-state index in [0.29, 0.717) is 0 Å². The lowest BCUT2D eigenvalue weighted by atomic mass is 10.2. The molecule has 1 fully saturated rings. The zero-order chi connectivity index (χ0) is 6.69. The van der Waals surface area contributed by atoms with E-state index in [1.807, 2.05) is 0 Å². The number of carbonyl (C=O) groups excluding carboxylic acids is 2. The Morgan fingerprint density at radius 2 is 2.22 bits per heavy atom. The van der Waals surface area contributed by atoms with Gasteiger partial charge in [0.15, 0.2) is 0 Å². The van der Waals surface area contributed by atoms with Crippen LogP contribution in [0, 0.1) is 0 Å². The van der Waals surface area contributed by atoms with Gasteiger partial charge in [0, 0.05) is 6.54 Å². The van der Waals surface area contributed by atoms with Crippen LogP contribution in [0.3, 0.4) is 0 Å². The van der Waals surface area contributed by atoms with Gasteiger partial charge in [0.25, 0.3) is 0 Å². The van der Waals surface area contributed by atoms with Gasteiger partial charge in [0.2, 0.25) is 6.41 Å². The number of hydrogen-bond donors (Lipinski definition) is 0. The van der Waals surface area contributed by atoms with Crippen LogP contribution in [-0.4, -0.2) is 30.2 Å². The summed E-state index contributed by atoms with van der Waals surface area (Å²) in [6.45, 7) is 0.743. The van der Waals surface area contributed by atoms with Crippen molar-refractivity contribution in [3.05, 3.63) is 0 Å². The molecule has 0 aromatic carbocycles. The van der Waals surface area contributed by atoms with Crippen LogP contribution in [0.15, 0.2) is 0 Å². The summed E-state index contributed by atoms with van der Waals surface area (Å²) in [5.41, 5.74) is 0. The fraction of sp³-hybridized carbons (Fsp3) is 0.667. The Kier molecular flexibility index (Phi) is 1.82. The lowest BCUT2D eigenvalue weighted by Crippen LogP contribution is -2.28. The first-order chi connectivity index (χ1) is 4.38. The third-order valence-corrected chi connectivity index (χ3v) is 1.63. The second kappa shape index (κ2) is 2.62. The summed E-state index contributed by atoms with van der Waals surface area (Å²) in [5.74, 6) is 0. The van der Waals surface area contributed by atoms with Gasteiger partial charge in [-0.3, -0.25) is 4.79 Å². The summed E-state index contributed by atoms with van der Waals surface area (Å²) < 4.78 is 0. The molecule has 0 aromatic heterocycles. The van der Waals surface area contributed by atoms with Crippen molar-refractivity contribution in [1.29, 1.82) is 0 Å². The zero-order valence-electron chi connectivity index (χ0n) is 5.12. The summed E-state index contributed by atoms with van der Waals surface area (Å²) in [5, 5.41) is 0. The predicted molar refractivity (Wildman–Crippen MR) is 31.9 cm³/mol. The Hall–Kier alpha value is -0.860. The summed E-state index contributed by atoms with van der Waals surface area (Å²) in [7, 11) is 0. The van der Waals surface area contributed by atoms with Crippen LogP contribution in [0.2, 0.25) is 0 Å². The Labute approximate surface area is 53.6 Å². The second-order valence-corrected chi connectivity index (χ2v) is 2.19. The topological polar surface area (TPSA) is 37.4 Å². The number of hydrogen-bond acceptors (Lipinski definition) is 2. The standard InChI is InChI=1S/C6H9NO2/c8-4-6-2-1-3-7(6)5-9/h4-6H,1-3H2/t6-/m0/s1. The van der Waals surface area contributed by atoms with Crippen LogP contribution in [0.1, 0.15) is 12.8 Å². The maximum absolute atomic E-state index is 10.2. The number of nitrogens with zero attached hydrogens (tertiary/aromatic N) is 1. The van der Waals surface area contributed by atoms with Gasteiger partial charge in [0.1, 0.15) is 6.29 Å². The fourth-order valence-corrected chi connectivity index (χ4v) is 1.09. The van der Waals surface area contributed by atoms with Crippen LogP contribution >= 0.6 is 0 Å². The molecular formula is C6H9NO2. The summed E-state index contributed by atoms with van der Waals surface area (Å²) in [4.78, 5) is 21.9. The molecule has 1 rings (SSSR count). The van der Waals surface area contributed by atoms with Crippen molar-refractivity contribution in [3.8, 4) is 0 Å². The Morgan fingerprint density at radius 1 is 1.44 bits per heavy atom. The van der Waals surface area contributed by atoms with Crippen molar-refractivity contribution in [2.75, 3.05) is 6.54 Å². The SMILES string of the molecule is O=C[C@@H]1CCCN1C=O. The summed E-state index contributed by atoms with van der Waals surface area (Å²) in [6, 6.07) is -0.137. The van der Waals surface area contributed by atoms with E-state index in [9.17, 15) is 9.59 Å². The molecule has 0 bridgehead atoms. The van der Waals surface area contributed by atoms with Crippen LogP contribution in [0.25, 0.3) is 0 Å². The fourth-order valence-electron chi connectivity index (χ4n) is 1.09. The number of amides is 1. The van der Waals surface area contributed by atoms with Crippen molar-refractivity contribution >= 4 is 12.7 Å². The third-order valence-electron chi connectivity index (χ3n) is 1.63. The predicted octanol–water partition coefficient (Wildman–Crippen LogP) is -0.194. The molecule has 1 heterocycles. The van der Waals surface area contributed by atoms with Crippen molar-refractivity contribution in [2.45, 2.75) is 18.9 Å². The van der Waals surface area contributed by atoms with Crippen LogP contribution in [-0.2, 0) is 9.59 Å². The van der Waals surface area contributed by atoms with E-state index in [-0.39, 0.29) is 6.04 Å². The smallest absolute Gasteiger partial charge is 0.210 e. The van der Waals surface area contributed by atoms with Crippen molar-refractivity contribution in [3.63, 3.8) is 0 Å². The van der Waals surface area contributed by atoms with E-state index in [2.05, 4.69) is 0 Å². The molecule has 50 valence electrons. The largest absolute Gasteiger partial charge is 0.336 e. The van der Waals surface area contributed by atoms with Crippen LogP contribution in [0.5, 0.6) is 0 Å². The van der Waals surface area contributed by atoms with Crippen molar-refractivity contribution in [1.82, 2.24) is 4.90 Å². The number of aldehydes is 1. The molecule has 1 saturated heterocycles. The average molecular weight is 127 g/mol. The first-order valence-corrected chi connectivity index (χ1v) is 3.05. The van der Waals surface area contributed by atoms with E-state index in [1.165, 1.54) is 4.90 Å². The first-order valence-electron chi connectivity index (χ1n) is 3.05. The molecule has 0 spiro atoms. The number of rotatable bonds is 2. The quantitative estimate of drug-likeness (QED) is 0.482. The highest BCUT2D eigenvalue weighted by atomic mass is 16.1. The summed E-state index contributed by atoms with van der Waals surface area (Å²) in [6.07, 6.45) is 3.37. The molecule has 0 saturated carbocycles. The molecule has 0 aromatic rings. The maximum Gasteiger partial charge on any atom is 0.210 e. The minimum absolute atomic E-state index is 0.137. The minimum Gasteiger partial charge on any atom is -0.336 e. The van der Waals surface area contributed by atoms with E-state index >= 15 is 0 Å². The number of likely N-dealkylation sites (tertiary alicyclic amines) is 1. The highest BCUT2D eigenvalue weighted by molar-refractivity contribution is 5.64. The Bertz CT molecular complexity index is 110. The normalized spacial score (nSPS) is 26.2. The second-order valence-electron chi connectivity index (χ2n) is 2.19. The molecule has 1 aliphatic rings. The molecular weight excluding hydrogens is 118 g/mol. The van der Waals surface area contributed by atoms with E-state index in [4.69, 9.17) is 0 Å². The van der Waals surface area contributed by atoms with Gasteiger partial charge in [-0.15, -0.1) is 0 Å². The van der Waals surface area contributed by atoms with Crippen LogP contribution < -0.4 is 0 Å². The average Bonchev–Trinajstić information content (AvgIpc) is 2.33. The number of carbonyl (C=O) groups is 2. The summed E-state index contributed by atoms with van der Waals surface area (Å²) >= 11 is 0. The monoisotopic (exact) mass is 127 g/mol. The molecule has 1 aliphatic heterocycles. The third kappa shape index (κ3) is 1.09. The highest BCUT2D eigenvalue weighted by Crippen LogP contribution is 2.11. The highest BCUT2D eigenvalue weighted by Gasteiger charge is 2.21. The molecule has 3 heteroatoms. The van der Waals surface area contributed by atoms with Gasteiger partial charge < -0.3 is 9.69 Å². The van der Waals surface area contributed by atoms with Crippen molar-refractivity contribution in [2.24, 2.45) is 0 Å².